The number of aryl methyl sites for hydroxylation is 2. The number of hydrogen-bond donors (Lipinski definition) is 0. The van der Waals surface area contributed by atoms with Crippen molar-refractivity contribution < 1.29 is 32.3 Å². The summed E-state index contributed by atoms with van der Waals surface area (Å²) in [6.07, 6.45) is 1.69. The molecule has 0 unspecified atom stereocenters. The molecule has 0 aliphatic carbocycles. The van der Waals surface area contributed by atoms with Gasteiger partial charge in [0.1, 0.15) is 0 Å². The van der Waals surface area contributed by atoms with Crippen LogP contribution in [0.5, 0.6) is 11.5 Å². The van der Waals surface area contributed by atoms with E-state index in [2.05, 4.69) is 241 Å². The van der Waals surface area contributed by atoms with Crippen molar-refractivity contribution in [2.24, 2.45) is 0 Å². The van der Waals surface area contributed by atoms with Gasteiger partial charge in [-0.05, 0) is 35.0 Å². The number of aromatic nitrogens is 5. The van der Waals surface area contributed by atoms with Crippen LogP contribution in [0.2, 0.25) is 0 Å². The van der Waals surface area contributed by atoms with Crippen LogP contribution in [0.4, 0.5) is 0 Å². The number of benzene rings is 10. The molecular weight excluding hydrogens is 1240 g/mol. The summed E-state index contributed by atoms with van der Waals surface area (Å²) in [5.74, 6) is 0.956. The third-order valence-electron chi connectivity index (χ3n) is 17.7. The van der Waals surface area contributed by atoms with E-state index in [0.29, 0.717) is 28.3 Å². The molecule has 5 heterocycles. The first-order valence-corrected chi connectivity index (χ1v) is 31.0. The zero-order chi connectivity index (χ0) is 65.0. The largest absolute Gasteiger partial charge is 0.0620 e. The van der Waals surface area contributed by atoms with E-state index in [1.54, 1.807) is 18.3 Å². The first kappa shape index (κ1) is 48.1. The van der Waals surface area contributed by atoms with Crippen molar-refractivity contribution in [2.75, 3.05) is 0 Å². The Morgan fingerprint density at radius 1 is 0.402 bits per heavy atom. The smallest absolute Gasteiger partial charge is 0.0620 e. The van der Waals surface area contributed by atoms with Crippen molar-refractivity contribution in [1.82, 2.24) is 23.1 Å². The Hall–Kier alpha value is -9.09. The SMILES string of the molecule is [2H]C([2H])([2H])c1ccc(-n2[c](=[Pt])n(-c3c(-c4ccccc4)cccc3-c3cc(C(C)(C)C)cc(C(C)(C)C)c3)c3ccccc32)cc1Oc1ccc2c3cc4c5cccc6c7ccccc7n(c4cc3n(-c3cc(C([2H])([2H])[2H])c(-c4ccc(C(C)(C)C)cc4)cn3)c2c1)c65. The van der Waals surface area contributed by atoms with Crippen molar-refractivity contribution >= 4 is 70.9 Å². The second-order valence-corrected chi connectivity index (χ2v) is 27.4. The number of ether oxygens (including phenoxy) is 1. The number of pyridine rings is 1. The normalized spacial score (nSPS) is 13.9. The molecule has 15 aromatic rings. The maximum Gasteiger partial charge on any atom is 0.0620 e. The molecular formula is C80H69N5OPt. The van der Waals surface area contributed by atoms with Crippen LogP contribution in [0.3, 0.4) is 0 Å². The molecule has 0 aliphatic heterocycles. The molecule has 0 aliphatic rings. The van der Waals surface area contributed by atoms with Crippen molar-refractivity contribution in [2.45, 2.75) is 92.3 Å². The Labute approximate surface area is 527 Å². The van der Waals surface area contributed by atoms with Crippen LogP contribution < -0.4 is 4.74 Å². The van der Waals surface area contributed by atoms with Crippen LogP contribution in [0, 0.1) is 17.5 Å². The Bertz CT molecular complexity index is 5560. The fraction of sp³-hybridized carbons (Fsp3) is 0.175. The molecule has 0 saturated carbocycles. The van der Waals surface area contributed by atoms with Crippen LogP contribution in [-0.2, 0) is 35.6 Å². The minimum absolute atomic E-state index is 0.0481. The molecule has 15 rings (SSSR count). The van der Waals surface area contributed by atoms with E-state index < -0.39 is 13.7 Å². The van der Waals surface area contributed by atoms with E-state index in [9.17, 15) is 0 Å². The van der Waals surface area contributed by atoms with E-state index >= 15 is 0 Å². The van der Waals surface area contributed by atoms with Crippen molar-refractivity contribution in [1.29, 1.82) is 0 Å². The first-order chi connectivity index (χ1) is 44.2. The van der Waals surface area contributed by atoms with Crippen LogP contribution in [-0.4, -0.2) is 23.1 Å². The molecule has 0 spiro atoms. The standard InChI is InChI=1S/C80H69N5O.Pt/c1-49-31-36-57(82-48-83(70-30-18-17-29-69(70)82)76-59(51-21-13-12-14-22-51)24-19-25-60(76)53-40-55(79(6,7)8)42-56(41-53)80(9,10)11)43-74(49)86-58-37-38-62-65-45-66-64-27-20-26-63-61-23-15-16-28-68(61)85(77(63)64)73(66)46-72(65)84(71(62)44-58)75-39-50(2)67(47-81-75)52-32-34-54(35-33-52)78(3,4)5;/h12-47H,1-11H3;/i1D3,2D3;. The van der Waals surface area contributed by atoms with Crippen LogP contribution in [0.25, 0.3) is 122 Å². The number of para-hydroxylation sites is 5. The van der Waals surface area contributed by atoms with Gasteiger partial charge in [0, 0.05) is 37.4 Å². The summed E-state index contributed by atoms with van der Waals surface area (Å²) in [5, 5.41) is 6.35. The fourth-order valence-corrected chi connectivity index (χ4v) is 14.2. The third kappa shape index (κ3) is 8.92. The van der Waals surface area contributed by atoms with Gasteiger partial charge in [-0.2, -0.15) is 0 Å². The second-order valence-electron chi connectivity index (χ2n) is 26.4. The molecule has 5 aromatic heterocycles. The molecule has 87 heavy (non-hydrogen) atoms. The molecule has 0 fully saturated rings. The molecule has 0 N–H and O–H groups in total. The number of hydrogen-bond acceptors (Lipinski definition) is 2. The zero-order valence-electron chi connectivity index (χ0n) is 56.2. The summed E-state index contributed by atoms with van der Waals surface area (Å²) in [6, 6.07) is 73.0. The number of imidazole rings is 1. The molecule has 430 valence electrons. The molecule has 0 saturated heterocycles. The minimum Gasteiger partial charge on any atom is 0.0620 e. The molecule has 0 bridgehead atoms. The van der Waals surface area contributed by atoms with Gasteiger partial charge in [-0.25, -0.2) is 0 Å². The van der Waals surface area contributed by atoms with Gasteiger partial charge in [-0.15, -0.1) is 0 Å². The average Bonchev–Trinajstić information content (AvgIpc) is 1.54. The summed E-state index contributed by atoms with van der Waals surface area (Å²) >= 11 is 2.43. The summed E-state index contributed by atoms with van der Waals surface area (Å²) in [5.41, 5.74) is 17.5. The molecule has 7 heteroatoms. The molecule has 0 radical (unpaired) electrons. The summed E-state index contributed by atoms with van der Waals surface area (Å²) in [6.45, 7) is 15.0. The Morgan fingerprint density at radius 3 is 1.69 bits per heavy atom. The quantitative estimate of drug-likeness (QED) is 0.152. The van der Waals surface area contributed by atoms with Crippen molar-refractivity contribution in [3.63, 3.8) is 0 Å². The van der Waals surface area contributed by atoms with Gasteiger partial charge < -0.3 is 4.40 Å². The van der Waals surface area contributed by atoms with E-state index in [4.69, 9.17) is 17.9 Å². The average molecular weight is 1320 g/mol. The van der Waals surface area contributed by atoms with Gasteiger partial charge in [0.25, 0.3) is 0 Å². The van der Waals surface area contributed by atoms with E-state index in [1.165, 1.54) is 16.5 Å². The van der Waals surface area contributed by atoms with Crippen molar-refractivity contribution in [3.8, 4) is 62.1 Å². The summed E-state index contributed by atoms with van der Waals surface area (Å²) in [4.78, 5) is 5.17. The molecule has 10 aromatic carbocycles. The van der Waals surface area contributed by atoms with Crippen LogP contribution in [0.1, 0.15) is 98.4 Å². The monoisotopic (exact) mass is 1320 g/mol. The Morgan fingerprint density at radius 2 is 0.989 bits per heavy atom. The third-order valence-corrected chi connectivity index (χ3v) is 18.8. The number of fused-ring (bicyclic) bond motifs is 10. The summed E-state index contributed by atoms with van der Waals surface area (Å²) in [7, 11) is 0. The first-order valence-electron chi connectivity index (χ1n) is 32.8. The maximum atomic E-state index is 9.03. The van der Waals surface area contributed by atoms with E-state index in [-0.39, 0.29) is 33.1 Å². The molecule has 0 atom stereocenters. The predicted molar refractivity (Wildman–Crippen MR) is 361 cm³/mol. The van der Waals surface area contributed by atoms with Gasteiger partial charge in [0.15, 0.2) is 0 Å². The van der Waals surface area contributed by atoms with E-state index in [0.717, 1.165) is 103 Å². The van der Waals surface area contributed by atoms with Gasteiger partial charge in [0.2, 0.25) is 0 Å². The number of rotatable bonds is 8. The zero-order valence-corrected chi connectivity index (χ0v) is 52.5. The fourth-order valence-electron chi connectivity index (χ4n) is 13.1. The van der Waals surface area contributed by atoms with Crippen LogP contribution >= 0.6 is 0 Å². The van der Waals surface area contributed by atoms with Crippen molar-refractivity contribution in [3.05, 3.63) is 250 Å². The van der Waals surface area contributed by atoms with Crippen LogP contribution in [0.15, 0.2) is 219 Å². The molecule has 0 amide bonds. The maximum absolute atomic E-state index is 9.03. The Kier molecular flexibility index (Phi) is 11.0. The predicted octanol–water partition coefficient (Wildman–Crippen LogP) is 21.4. The topological polar surface area (TPSA) is 41.3 Å². The second kappa shape index (κ2) is 20.0. The van der Waals surface area contributed by atoms with E-state index in [1.807, 2.05) is 59.2 Å². The summed E-state index contributed by atoms with van der Waals surface area (Å²) < 4.78 is 70.8. The van der Waals surface area contributed by atoms with Gasteiger partial charge in [0.05, 0.1) is 16.6 Å². The molecule has 6 nitrogen and oxygen atoms in total. The van der Waals surface area contributed by atoms with Gasteiger partial charge in [-0.3, -0.25) is 0 Å². The number of nitrogens with zero attached hydrogens (tertiary/aromatic N) is 5. The van der Waals surface area contributed by atoms with Gasteiger partial charge >= 0.3 is 356 Å². The van der Waals surface area contributed by atoms with Gasteiger partial charge in [-0.1, -0.05) is 81.4 Å². The minimum atomic E-state index is -2.56. The Balaban J connectivity index is 0.934.